The van der Waals surface area contributed by atoms with Crippen LogP contribution >= 0.6 is 15.9 Å². The molecule has 1 amide bonds. The minimum absolute atomic E-state index is 0.0691. The van der Waals surface area contributed by atoms with Gasteiger partial charge in [-0.15, -0.1) is 0 Å². The predicted molar refractivity (Wildman–Crippen MR) is 92.0 cm³/mol. The van der Waals surface area contributed by atoms with Crippen molar-refractivity contribution in [1.82, 2.24) is 9.97 Å². The van der Waals surface area contributed by atoms with E-state index in [1.165, 1.54) is 0 Å². The molecule has 3 aromatic rings. The molecule has 0 aliphatic heterocycles. The van der Waals surface area contributed by atoms with Gasteiger partial charge in [-0.25, -0.2) is 4.98 Å². The topological polar surface area (TPSA) is 57.8 Å². The first-order valence-corrected chi connectivity index (χ1v) is 7.81. The maximum absolute atomic E-state index is 12.3. The normalized spacial score (nSPS) is 10.9. The Kier molecular flexibility index (Phi) is 3.98. The van der Waals surface area contributed by atoms with Crippen molar-refractivity contribution in [3.05, 3.63) is 57.8 Å². The molecule has 3 rings (SSSR count). The Morgan fingerprint density at radius 1 is 1.27 bits per heavy atom. The average molecular weight is 358 g/mol. The summed E-state index contributed by atoms with van der Waals surface area (Å²) in [7, 11) is 0. The molecule has 0 spiro atoms. The van der Waals surface area contributed by atoms with E-state index in [4.69, 9.17) is 0 Å². The van der Waals surface area contributed by atoms with Crippen molar-refractivity contribution in [2.45, 2.75) is 20.3 Å². The Balaban J connectivity index is 1.83. The van der Waals surface area contributed by atoms with Crippen molar-refractivity contribution in [3.8, 4) is 0 Å². The van der Waals surface area contributed by atoms with E-state index < -0.39 is 0 Å². The fourth-order valence-corrected chi connectivity index (χ4v) is 2.83. The van der Waals surface area contributed by atoms with Gasteiger partial charge in [-0.3, -0.25) is 4.79 Å². The molecule has 0 fully saturated rings. The molecule has 0 aliphatic rings. The van der Waals surface area contributed by atoms with Crippen LogP contribution in [0.5, 0.6) is 0 Å². The second-order valence-corrected chi connectivity index (χ2v) is 6.28. The SMILES string of the molecule is Cc1ccc(NC(=O)Cc2c(C)[nH]c3ccc(Br)cc23)nc1. The lowest BCUT2D eigenvalue weighted by atomic mass is 10.1. The summed E-state index contributed by atoms with van der Waals surface area (Å²) in [5, 5.41) is 3.91. The number of carbonyl (C=O) groups excluding carboxylic acids is 1. The summed E-state index contributed by atoms with van der Waals surface area (Å²) in [6.45, 7) is 3.95. The minimum Gasteiger partial charge on any atom is -0.358 e. The number of aromatic nitrogens is 2. The van der Waals surface area contributed by atoms with E-state index in [2.05, 4.69) is 31.2 Å². The van der Waals surface area contributed by atoms with E-state index in [0.717, 1.165) is 32.2 Å². The summed E-state index contributed by atoms with van der Waals surface area (Å²) in [5.74, 6) is 0.509. The van der Waals surface area contributed by atoms with Gasteiger partial charge in [0, 0.05) is 27.3 Å². The lowest BCUT2D eigenvalue weighted by Gasteiger charge is -2.05. The number of nitrogens with zero attached hydrogens (tertiary/aromatic N) is 1. The average Bonchev–Trinajstić information content (AvgIpc) is 2.77. The molecule has 112 valence electrons. The van der Waals surface area contributed by atoms with Crippen LogP contribution in [0.15, 0.2) is 41.0 Å². The maximum Gasteiger partial charge on any atom is 0.230 e. The van der Waals surface area contributed by atoms with Gasteiger partial charge in [0.2, 0.25) is 5.91 Å². The van der Waals surface area contributed by atoms with Crippen LogP contribution in [0.1, 0.15) is 16.8 Å². The number of rotatable bonds is 3. The summed E-state index contributed by atoms with van der Waals surface area (Å²) in [6.07, 6.45) is 2.06. The van der Waals surface area contributed by atoms with Gasteiger partial charge in [-0.1, -0.05) is 22.0 Å². The fourth-order valence-electron chi connectivity index (χ4n) is 2.47. The zero-order valence-electron chi connectivity index (χ0n) is 12.4. The molecule has 0 saturated heterocycles. The van der Waals surface area contributed by atoms with E-state index in [1.54, 1.807) is 6.20 Å². The van der Waals surface area contributed by atoms with Crippen LogP contribution in [0, 0.1) is 13.8 Å². The van der Waals surface area contributed by atoms with Gasteiger partial charge in [0.25, 0.3) is 0 Å². The molecule has 4 nitrogen and oxygen atoms in total. The number of anilines is 1. The van der Waals surface area contributed by atoms with Crippen LogP contribution < -0.4 is 5.32 Å². The van der Waals surface area contributed by atoms with Crippen molar-refractivity contribution in [2.24, 2.45) is 0 Å². The molecule has 0 bridgehead atoms. The second kappa shape index (κ2) is 5.93. The molecule has 22 heavy (non-hydrogen) atoms. The van der Waals surface area contributed by atoms with Crippen molar-refractivity contribution in [2.75, 3.05) is 5.32 Å². The zero-order valence-corrected chi connectivity index (χ0v) is 14.0. The standard InChI is InChI=1S/C17H16BrN3O/c1-10-3-6-16(19-9-10)21-17(22)8-13-11(2)20-15-5-4-12(18)7-14(13)15/h3-7,9,20H,8H2,1-2H3,(H,19,21,22). The second-order valence-electron chi connectivity index (χ2n) is 5.36. The highest BCUT2D eigenvalue weighted by atomic mass is 79.9. The van der Waals surface area contributed by atoms with Gasteiger partial charge in [0.05, 0.1) is 6.42 Å². The number of carbonyl (C=O) groups is 1. The van der Waals surface area contributed by atoms with E-state index in [9.17, 15) is 4.79 Å². The largest absolute Gasteiger partial charge is 0.358 e. The highest BCUT2D eigenvalue weighted by Gasteiger charge is 2.13. The van der Waals surface area contributed by atoms with E-state index in [-0.39, 0.29) is 5.91 Å². The molecule has 0 aliphatic carbocycles. The Morgan fingerprint density at radius 3 is 2.82 bits per heavy atom. The Labute approximate surface area is 137 Å². The molecule has 2 aromatic heterocycles. The Hall–Kier alpha value is -2.14. The predicted octanol–water partition coefficient (Wildman–Crippen LogP) is 4.12. The molecule has 2 heterocycles. The summed E-state index contributed by atoms with van der Waals surface area (Å²) in [5.41, 5.74) is 4.13. The first-order valence-electron chi connectivity index (χ1n) is 7.02. The highest BCUT2D eigenvalue weighted by Crippen LogP contribution is 2.26. The molecular formula is C17H16BrN3O. The summed E-state index contributed by atoms with van der Waals surface area (Å²) in [4.78, 5) is 19.8. The monoisotopic (exact) mass is 357 g/mol. The number of hydrogen-bond acceptors (Lipinski definition) is 2. The van der Waals surface area contributed by atoms with Crippen LogP contribution in [0.4, 0.5) is 5.82 Å². The molecule has 0 unspecified atom stereocenters. The molecule has 0 saturated carbocycles. The van der Waals surface area contributed by atoms with Crippen molar-refractivity contribution < 1.29 is 4.79 Å². The van der Waals surface area contributed by atoms with Gasteiger partial charge in [-0.05, 0) is 49.2 Å². The lowest BCUT2D eigenvalue weighted by Crippen LogP contribution is -2.15. The van der Waals surface area contributed by atoms with Crippen LogP contribution in [0.25, 0.3) is 10.9 Å². The zero-order chi connectivity index (χ0) is 15.7. The molecule has 5 heteroatoms. The molecule has 2 N–H and O–H groups in total. The number of aryl methyl sites for hydroxylation is 2. The minimum atomic E-state index is -0.0691. The molecular weight excluding hydrogens is 342 g/mol. The van der Waals surface area contributed by atoms with E-state index in [0.29, 0.717) is 12.2 Å². The van der Waals surface area contributed by atoms with Gasteiger partial charge >= 0.3 is 0 Å². The number of hydrogen-bond donors (Lipinski definition) is 2. The summed E-state index contributed by atoms with van der Waals surface area (Å²) < 4.78 is 1.00. The molecule has 0 radical (unpaired) electrons. The van der Waals surface area contributed by atoms with Crippen LogP contribution in [0.3, 0.4) is 0 Å². The smallest absolute Gasteiger partial charge is 0.230 e. The van der Waals surface area contributed by atoms with E-state index in [1.807, 2.05) is 44.2 Å². The maximum atomic E-state index is 12.3. The van der Waals surface area contributed by atoms with Gasteiger partial charge in [0.1, 0.15) is 5.82 Å². The molecule has 0 atom stereocenters. The van der Waals surface area contributed by atoms with Gasteiger partial charge < -0.3 is 10.3 Å². The number of amides is 1. The number of aromatic amines is 1. The number of fused-ring (bicyclic) bond motifs is 1. The summed E-state index contributed by atoms with van der Waals surface area (Å²) >= 11 is 3.48. The quantitative estimate of drug-likeness (QED) is 0.740. The highest BCUT2D eigenvalue weighted by molar-refractivity contribution is 9.10. The van der Waals surface area contributed by atoms with Crippen LogP contribution in [-0.4, -0.2) is 15.9 Å². The number of benzene rings is 1. The lowest BCUT2D eigenvalue weighted by molar-refractivity contribution is -0.115. The van der Waals surface area contributed by atoms with Crippen molar-refractivity contribution in [3.63, 3.8) is 0 Å². The first-order chi connectivity index (χ1) is 10.5. The van der Waals surface area contributed by atoms with Gasteiger partial charge in [0.15, 0.2) is 0 Å². The van der Waals surface area contributed by atoms with Crippen LogP contribution in [0.2, 0.25) is 0 Å². The Bertz CT molecular complexity index is 837. The first kappa shape index (κ1) is 14.8. The molecule has 1 aromatic carbocycles. The third-order valence-electron chi connectivity index (χ3n) is 3.60. The van der Waals surface area contributed by atoms with Gasteiger partial charge in [-0.2, -0.15) is 0 Å². The Morgan fingerprint density at radius 2 is 2.09 bits per heavy atom. The number of halogens is 1. The fraction of sp³-hybridized carbons (Fsp3) is 0.176. The number of H-pyrrole nitrogens is 1. The third kappa shape index (κ3) is 3.04. The number of pyridine rings is 1. The third-order valence-corrected chi connectivity index (χ3v) is 4.09. The van der Waals surface area contributed by atoms with Crippen molar-refractivity contribution >= 4 is 38.6 Å². The van der Waals surface area contributed by atoms with Crippen LogP contribution in [-0.2, 0) is 11.2 Å². The number of nitrogens with one attached hydrogen (secondary N) is 2. The van der Waals surface area contributed by atoms with E-state index >= 15 is 0 Å². The van der Waals surface area contributed by atoms with Crippen molar-refractivity contribution in [1.29, 1.82) is 0 Å². The summed E-state index contributed by atoms with van der Waals surface area (Å²) in [6, 6.07) is 9.77.